The number of thioether (sulfide) groups is 1. The van der Waals surface area contributed by atoms with Crippen molar-refractivity contribution in [2.24, 2.45) is 5.92 Å². The van der Waals surface area contributed by atoms with Gasteiger partial charge in [0, 0.05) is 16.5 Å². The van der Waals surface area contributed by atoms with E-state index in [1.807, 2.05) is 0 Å². The molecular formula is C23H27NOS. The molecule has 1 N–H and O–H groups in total. The summed E-state index contributed by atoms with van der Waals surface area (Å²) >= 11 is 1.79. The van der Waals surface area contributed by atoms with Gasteiger partial charge in [0.05, 0.1) is 12.1 Å². The summed E-state index contributed by atoms with van der Waals surface area (Å²) in [7, 11) is 0. The van der Waals surface area contributed by atoms with Gasteiger partial charge in [-0.05, 0) is 73.4 Å². The number of ether oxygens (including phenoxy) is 1. The molecule has 0 saturated carbocycles. The molecule has 1 aliphatic carbocycles. The second-order valence-corrected chi connectivity index (χ2v) is 8.21. The first kappa shape index (κ1) is 17.5. The van der Waals surface area contributed by atoms with E-state index in [0.29, 0.717) is 17.9 Å². The summed E-state index contributed by atoms with van der Waals surface area (Å²) < 4.78 is 6.06. The molecule has 2 aromatic rings. The molecule has 4 unspecified atom stereocenters. The van der Waals surface area contributed by atoms with Gasteiger partial charge in [0.1, 0.15) is 5.75 Å². The van der Waals surface area contributed by atoms with Gasteiger partial charge in [-0.2, -0.15) is 0 Å². The van der Waals surface area contributed by atoms with Crippen molar-refractivity contribution < 1.29 is 4.74 Å². The molecule has 0 spiro atoms. The summed E-state index contributed by atoms with van der Waals surface area (Å²) in [4.78, 5) is 1.32. The molecule has 0 radical (unpaired) electrons. The molecule has 136 valence electrons. The Balaban J connectivity index is 1.65. The topological polar surface area (TPSA) is 21.3 Å². The predicted molar refractivity (Wildman–Crippen MR) is 111 cm³/mol. The van der Waals surface area contributed by atoms with Crippen LogP contribution < -0.4 is 10.1 Å². The minimum atomic E-state index is 0.252. The quantitative estimate of drug-likeness (QED) is 0.488. The zero-order chi connectivity index (χ0) is 18.1. The van der Waals surface area contributed by atoms with Crippen molar-refractivity contribution in [3.05, 3.63) is 65.7 Å². The second kappa shape index (κ2) is 7.40. The normalized spacial score (nSPS) is 24.5. The first-order valence-electron chi connectivity index (χ1n) is 9.57. The maximum atomic E-state index is 6.06. The number of hydrogen-bond acceptors (Lipinski definition) is 3. The molecule has 3 heteroatoms. The first-order valence-corrected chi connectivity index (χ1v) is 10.8. The number of hydrogen-bond donors (Lipinski definition) is 1. The largest absolute Gasteiger partial charge is 0.491 e. The smallest absolute Gasteiger partial charge is 0.120 e. The van der Waals surface area contributed by atoms with E-state index < -0.39 is 0 Å². The average Bonchev–Trinajstić information content (AvgIpc) is 3.17. The lowest BCUT2D eigenvalue weighted by Gasteiger charge is -2.37. The minimum absolute atomic E-state index is 0.252. The molecule has 2 nitrogen and oxygen atoms in total. The number of allylic oxidation sites excluding steroid dienone is 2. The van der Waals surface area contributed by atoms with Gasteiger partial charge < -0.3 is 10.1 Å². The molecule has 0 fully saturated rings. The molecular weight excluding hydrogens is 338 g/mol. The summed E-state index contributed by atoms with van der Waals surface area (Å²) in [6, 6.07) is 15.9. The van der Waals surface area contributed by atoms with Crippen LogP contribution in [0.2, 0.25) is 0 Å². The number of anilines is 1. The molecule has 0 amide bonds. The second-order valence-electron chi connectivity index (χ2n) is 7.33. The number of benzene rings is 2. The highest BCUT2D eigenvalue weighted by molar-refractivity contribution is 7.98. The zero-order valence-electron chi connectivity index (χ0n) is 15.7. The van der Waals surface area contributed by atoms with Crippen LogP contribution in [0.4, 0.5) is 5.69 Å². The van der Waals surface area contributed by atoms with E-state index in [1.54, 1.807) is 11.8 Å². The Labute approximate surface area is 161 Å². The molecule has 4 rings (SSSR count). The molecule has 1 aliphatic heterocycles. The molecule has 2 aromatic carbocycles. The fourth-order valence-corrected chi connectivity index (χ4v) is 4.51. The Kier molecular flexibility index (Phi) is 4.99. The highest BCUT2D eigenvalue weighted by atomic mass is 32.2. The maximum Gasteiger partial charge on any atom is 0.120 e. The number of nitrogens with one attached hydrogen (secondary N) is 1. The Bertz CT molecular complexity index is 798. The van der Waals surface area contributed by atoms with Crippen LogP contribution in [0.3, 0.4) is 0 Å². The summed E-state index contributed by atoms with van der Waals surface area (Å²) in [5.41, 5.74) is 4.00. The summed E-state index contributed by atoms with van der Waals surface area (Å²) in [6.07, 6.45) is 9.26. The average molecular weight is 366 g/mol. The molecule has 26 heavy (non-hydrogen) atoms. The van der Waals surface area contributed by atoms with E-state index in [2.05, 4.69) is 80.0 Å². The van der Waals surface area contributed by atoms with Gasteiger partial charge in [-0.25, -0.2) is 0 Å². The van der Waals surface area contributed by atoms with Crippen molar-refractivity contribution in [2.45, 2.75) is 49.6 Å². The fraction of sp³-hybridized carbons (Fsp3) is 0.391. The summed E-state index contributed by atoms with van der Waals surface area (Å²) in [5, 5.41) is 3.81. The molecule has 0 bridgehead atoms. The van der Waals surface area contributed by atoms with E-state index >= 15 is 0 Å². The third kappa shape index (κ3) is 3.25. The van der Waals surface area contributed by atoms with Crippen molar-refractivity contribution >= 4 is 17.4 Å². The van der Waals surface area contributed by atoms with E-state index in [-0.39, 0.29) is 6.10 Å². The van der Waals surface area contributed by atoms with Crippen LogP contribution in [0.5, 0.6) is 5.75 Å². The molecule has 2 aliphatic rings. The van der Waals surface area contributed by atoms with E-state index in [0.717, 1.165) is 18.6 Å². The fourth-order valence-electron chi connectivity index (χ4n) is 4.10. The number of fused-ring (bicyclic) bond motifs is 3. The maximum absolute atomic E-state index is 6.06. The van der Waals surface area contributed by atoms with Crippen LogP contribution in [-0.2, 0) is 0 Å². The van der Waals surface area contributed by atoms with Crippen LogP contribution in [0.1, 0.15) is 49.8 Å². The SMILES string of the molecule is CCC(C)Oc1ccc2c(c1)C1C=CCC1C(c1ccc(SC)cc1)N2. The lowest BCUT2D eigenvalue weighted by molar-refractivity contribution is 0.217. The van der Waals surface area contributed by atoms with Crippen LogP contribution in [0.15, 0.2) is 59.5 Å². The molecule has 0 saturated heterocycles. The van der Waals surface area contributed by atoms with Crippen LogP contribution in [0, 0.1) is 5.92 Å². The highest BCUT2D eigenvalue weighted by Crippen LogP contribution is 2.50. The van der Waals surface area contributed by atoms with Crippen molar-refractivity contribution in [2.75, 3.05) is 11.6 Å². The Morgan fingerprint density at radius 2 is 2.00 bits per heavy atom. The van der Waals surface area contributed by atoms with Gasteiger partial charge in [-0.3, -0.25) is 0 Å². The summed E-state index contributed by atoms with van der Waals surface area (Å²) in [5.74, 6) is 2.03. The molecule has 0 aromatic heterocycles. The van der Waals surface area contributed by atoms with Crippen molar-refractivity contribution in [3.8, 4) is 5.75 Å². The van der Waals surface area contributed by atoms with Crippen LogP contribution >= 0.6 is 11.8 Å². The first-order chi connectivity index (χ1) is 12.7. The van der Waals surface area contributed by atoms with E-state index in [9.17, 15) is 0 Å². The van der Waals surface area contributed by atoms with Crippen LogP contribution in [0.25, 0.3) is 0 Å². The third-order valence-electron chi connectivity index (χ3n) is 5.72. The van der Waals surface area contributed by atoms with Gasteiger partial charge in [0.2, 0.25) is 0 Å². The van der Waals surface area contributed by atoms with Crippen LogP contribution in [-0.4, -0.2) is 12.4 Å². The van der Waals surface area contributed by atoms with E-state index in [1.165, 1.54) is 21.7 Å². The lowest BCUT2D eigenvalue weighted by Crippen LogP contribution is -2.29. The Morgan fingerprint density at radius 3 is 2.73 bits per heavy atom. The lowest BCUT2D eigenvalue weighted by atomic mass is 9.77. The predicted octanol–water partition coefficient (Wildman–Crippen LogP) is 6.41. The van der Waals surface area contributed by atoms with Gasteiger partial charge >= 0.3 is 0 Å². The Hall–Kier alpha value is -1.87. The summed E-state index contributed by atoms with van der Waals surface area (Å²) in [6.45, 7) is 4.29. The Morgan fingerprint density at radius 1 is 1.19 bits per heavy atom. The van der Waals surface area contributed by atoms with Gasteiger partial charge in [0.15, 0.2) is 0 Å². The third-order valence-corrected chi connectivity index (χ3v) is 6.46. The van der Waals surface area contributed by atoms with E-state index in [4.69, 9.17) is 4.74 Å². The molecule has 1 heterocycles. The van der Waals surface area contributed by atoms with Gasteiger partial charge in [0.25, 0.3) is 0 Å². The molecule has 4 atom stereocenters. The number of rotatable bonds is 5. The van der Waals surface area contributed by atoms with Crippen molar-refractivity contribution in [3.63, 3.8) is 0 Å². The van der Waals surface area contributed by atoms with Crippen molar-refractivity contribution in [1.82, 2.24) is 0 Å². The monoisotopic (exact) mass is 365 g/mol. The minimum Gasteiger partial charge on any atom is -0.491 e. The zero-order valence-corrected chi connectivity index (χ0v) is 16.6. The standard InChI is InChI=1S/C23H27NOS/c1-4-15(2)25-17-10-13-22-21(14-17)19-6-5-7-20(19)23(24-22)16-8-11-18(26-3)12-9-16/h5-6,8-15,19-20,23-24H,4,7H2,1-3H3. The van der Waals surface area contributed by atoms with Gasteiger partial charge in [-0.15, -0.1) is 11.8 Å². The van der Waals surface area contributed by atoms with Gasteiger partial charge in [-0.1, -0.05) is 31.2 Å². The highest BCUT2D eigenvalue weighted by Gasteiger charge is 2.38. The van der Waals surface area contributed by atoms with Crippen molar-refractivity contribution in [1.29, 1.82) is 0 Å².